The van der Waals surface area contributed by atoms with Crippen LogP contribution < -0.4 is 4.74 Å². The van der Waals surface area contributed by atoms with Gasteiger partial charge in [-0.05, 0) is 72.7 Å². The number of benzene rings is 2. The Bertz CT molecular complexity index is 1540. The minimum absolute atomic E-state index is 0.0406. The van der Waals surface area contributed by atoms with Crippen LogP contribution in [0.4, 0.5) is 0 Å². The summed E-state index contributed by atoms with van der Waals surface area (Å²) in [7, 11) is 0. The van der Waals surface area contributed by atoms with Crippen molar-refractivity contribution in [2.24, 2.45) is 5.41 Å². The molecule has 0 aliphatic heterocycles. The van der Waals surface area contributed by atoms with Crippen LogP contribution in [0, 0.1) is 5.41 Å². The Labute approximate surface area is 259 Å². The number of rotatable bonds is 11. The highest BCUT2D eigenvalue weighted by Gasteiger charge is 2.39. The van der Waals surface area contributed by atoms with Crippen LogP contribution in [0.25, 0.3) is 12.2 Å². The molecule has 3 rings (SSSR count). The van der Waals surface area contributed by atoms with Crippen molar-refractivity contribution in [3.05, 3.63) is 113 Å². The lowest BCUT2D eigenvalue weighted by Crippen LogP contribution is -2.39. The molecule has 230 valence electrons. The number of phenolic OH excluding ortho intramolecular Hbond substituents is 2. The average molecular weight is 597 g/mol. The first-order valence-corrected chi connectivity index (χ1v) is 14.4. The van der Waals surface area contributed by atoms with Crippen LogP contribution in [-0.4, -0.2) is 34.0 Å². The van der Waals surface area contributed by atoms with E-state index in [1.54, 1.807) is 43.3 Å². The number of carbonyl (C=O) groups is 3. The van der Waals surface area contributed by atoms with E-state index in [9.17, 15) is 24.6 Å². The number of carbonyl (C=O) groups excluding carboxylic acids is 3. The summed E-state index contributed by atoms with van der Waals surface area (Å²) < 4.78 is 10.9. The van der Waals surface area contributed by atoms with E-state index >= 15 is 0 Å². The normalized spacial score (nSPS) is 17.1. The van der Waals surface area contributed by atoms with E-state index in [0.29, 0.717) is 23.3 Å². The Balaban J connectivity index is 1.52. The van der Waals surface area contributed by atoms with E-state index in [0.717, 1.165) is 22.3 Å². The molecule has 44 heavy (non-hydrogen) atoms. The fourth-order valence-electron chi connectivity index (χ4n) is 4.79. The maximum atomic E-state index is 13.1. The van der Waals surface area contributed by atoms with Crippen LogP contribution >= 0.6 is 0 Å². The van der Waals surface area contributed by atoms with Gasteiger partial charge in [0.1, 0.15) is 17.2 Å². The molecule has 7 nitrogen and oxygen atoms in total. The minimum atomic E-state index is -0.912. The van der Waals surface area contributed by atoms with Gasteiger partial charge >= 0.3 is 11.9 Å². The summed E-state index contributed by atoms with van der Waals surface area (Å²) in [5.41, 5.74) is 4.45. The molecule has 1 atom stereocenters. The summed E-state index contributed by atoms with van der Waals surface area (Å²) in [5, 5.41) is 19.2. The molecule has 0 fully saturated rings. The van der Waals surface area contributed by atoms with E-state index in [1.807, 2.05) is 58.1 Å². The van der Waals surface area contributed by atoms with Gasteiger partial charge in [-0.1, -0.05) is 86.2 Å². The van der Waals surface area contributed by atoms with Gasteiger partial charge in [0.05, 0.1) is 12.8 Å². The number of hydrogen-bond acceptors (Lipinski definition) is 7. The van der Waals surface area contributed by atoms with Crippen LogP contribution in [0.2, 0.25) is 0 Å². The Morgan fingerprint density at radius 3 is 2.18 bits per heavy atom. The van der Waals surface area contributed by atoms with Gasteiger partial charge in [-0.25, -0.2) is 0 Å². The molecule has 0 aromatic heterocycles. The second-order valence-corrected chi connectivity index (χ2v) is 11.6. The maximum absolute atomic E-state index is 13.1. The molecule has 0 amide bonds. The number of ether oxygens (including phenoxy) is 2. The topological polar surface area (TPSA) is 110 Å². The highest BCUT2D eigenvalue weighted by Crippen LogP contribution is 2.41. The van der Waals surface area contributed by atoms with Gasteiger partial charge in [0.15, 0.2) is 11.9 Å². The fraction of sp³-hybridized carbons (Fsp3) is 0.270. The van der Waals surface area contributed by atoms with Crippen molar-refractivity contribution < 1.29 is 34.1 Å². The molecule has 0 heterocycles. The maximum Gasteiger partial charge on any atom is 0.311 e. The molecule has 1 unspecified atom stereocenters. The number of phenols is 2. The number of allylic oxidation sites excluding steroid dienone is 8. The summed E-state index contributed by atoms with van der Waals surface area (Å²) in [6, 6.07) is 11.0. The molecule has 1 aliphatic rings. The van der Waals surface area contributed by atoms with Crippen LogP contribution in [0.3, 0.4) is 0 Å². The third-order valence-corrected chi connectivity index (χ3v) is 7.06. The molecule has 0 saturated heterocycles. The highest BCUT2D eigenvalue weighted by atomic mass is 16.6. The van der Waals surface area contributed by atoms with Crippen molar-refractivity contribution in [3.63, 3.8) is 0 Å². The standard InChI is InChI=1S/C37H40O7/c1-24(2)8-7-9-25(3)10-17-32-26(4)36(42)33(23-37(32,5)6)44-35(41)19-18-34(40)43-31-15-13-27(14-16-31)11-12-28-20-29(38)22-30(39)21-28/h7-17,20-22,33,38-39H,1,18-19,23H2,2-6H3/b8-7+,12-11+,17-10+,25-9+. The van der Waals surface area contributed by atoms with Crippen molar-refractivity contribution in [3.8, 4) is 17.2 Å². The SMILES string of the molecule is C=C(C)/C=C/C=C(C)/C=C/C1=C(C)C(=O)C(OC(=O)CCC(=O)Oc2ccc(/C=C/c3cc(O)cc(O)c3)cc2)CC1(C)C. The van der Waals surface area contributed by atoms with Crippen LogP contribution in [0.15, 0.2) is 102 Å². The Kier molecular flexibility index (Phi) is 11.5. The molecule has 2 N–H and O–H groups in total. The Morgan fingerprint density at radius 2 is 1.55 bits per heavy atom. The number of hydrogen-bond donors (Lipinski definition) is 2. The Hall–Kier alpha value is -4.91. The van der Waals surface area contributed by atoms with Crippen LogP contribution in [-0.2, 0) is 19.1 Å². The van der Waals surface area contributed by atoms with Gasteiger partial charge < -0.3 is 19.7 Å². The van der Waals surface area contributed by atoms with Gasteiger partial charge in [-0.2, -0.15) is 0 Å². The summed E-state index contributed by atoms with van der Waals surface area (Å²) in [5.74, 6) is -1.23. The van der Waals surface area contributed by atoms with E-state index < -0.39 is 23.5 Å². The highest BCUT2D eigenvalue weighted by molar-refractivity contribution is 6.01. The monoisotopic (exact) mass is 596 g/mol. The number of ketones is 1. The van der Waals surface area contributed by atoms with E-state index in [-0.39, 0.29) is 30.1 Å². The zero-order chi connectivity index (χ0) is 32.4. The Morgan fingerprint density at radius 1 is 0.932 bits per heavy atom. The molecule has 0 spiro atoms. The first kappa shape index (κ1) is 33.6. The molecule has 2 aromatic rings. The van der Waals surface area contributed by atoms with Gasteiger partial charge in [-0.3, -0.25) is 14.4 Å². The lowest BCUT2D eigenvalue weighted by atomic mass is 9.71. The zero-order valence-corrected chi connectivity index (χ0v) is 25.9. The van der Waals surface area contributed by atoms with Crippen molar-refractivity contribution in [2.45, 2.75) is 60.0 Å². The summed E-state index contributed by atoms with van der Waals surface area (Å²) in [4.78, 5) is 38.0. The molecule has 0 radical (unpaired) electrons. The lowest BCUT2D eigenvalue weighted by Gasteiger charge is -2.36. The predicted octanol–water partition coefficient (Wildman–Crippen LogP) is 7.82. The molecule has 0 saturated carbocycles. The van der Waals surface area contributed by atoms with Crippen LogP contribution in [0.1, 0.15) is 65.0 Å². The number of Topliss-reactive ketones (excluding diaryl/α,β-unsaturated/α-hetero) is 1. The fourth-order valence-corrected chi connectivity index (χ4v) is 4.79. The van der Waals surface area contributed by atoms with Gasteiger partial charge in [-0.15, -0.1) is 0 Å². The van der Waals surface area contributed by atoms with Gasteiger partial charge in [0.25, 0.3) is 0 Å². The molecule has 1 aliphatic carbocycles. The quantitative estimate of drug-likeness (QED) is 0.118. The second-order valence-electron chi connectivity index (χ2n) is 11.6. The third-order valence-electron chi connectivity index (χ3n) is 7.06. The van der Waals surface area contributed by atoms with Gasteiger partial charge in [0.2, 0.25) is 0 Å². The molecule has 7 heteroatoms. The predicted molar refractivity (Wildman–Crippen MR) is 173 cm³/mol. The lowest BCUT2D eigenvalue weighted by molar-refractivity contribution is -0.157. The molecular weight excluding hydrogens is 556 g/mol. The van der Waals surface area contributed by atoms with Gasteiger partial charge in [0, 0.05) is 12.5 Å². The van der Waals surface area contributed by atoms with Crippen molar-refractivity contribution in [1.82, 2.24) is 0 Å². The number of aromatic hydroxyl groups is 2. The smallest absolute Gasteiger partial charge is 0.311 e. The summed E-state index contributed by atoms with van der Waals surface area (Å²) in [6.45, 7) is 13.5. The van der Waals surface area contributed by atoms with Crippen molar-refractivity contribution >= 4 is 29.9 Å². The van der Waals surface area contributed by atoms with Crippen LogP contribution in [0.5, 0.6) is 17.2 Å². The summed E-state index contributed by atoms with van der Waals surface area (Å²) in [6.07, 6.45) is 12.2. The van der Waals surface area contributed by atoms with Crippen molar-refractivity contribution in [1.29, 1.82) is 0 Å². The average Bonchev–Trinajstić information content (AvgIpc) is 2.93. The third kappa shape index (κ3) is 10.1. The largest absolute Gasteiger partial charge is 0.508 e. The minimum Gasteiger partial charge on any atom is -0.508 e. The first-order valence-electron chi connectivity index (χ1n) is 14.4. The summed E-state index contributed by atoms with van der Waals surface area (Å²) >= 11 is 0. The van der Waals surface area contributed by atoms with E-state index in [1.165, 1.54) is 18.2 Å². The zero-order valence-electron chi connectivity index (χ0n) is 25.9. The number of esters is 2. The first-order chi connectivity index (χ1) is 20.7. The van der Waals surface area contributed by atoms with E-state index in [2.05, 4.69) is 6.58 Å². The van der Waals surface area contributed by atoms with Crippen molar-refractivity contribution in [2.75, 3.05) is 0 Å². The molecule has 0 bridgehead atoms. The molecule has 2 aromatic carbocycles. The van der Waals surface area contributed by atoms with E-state index in [4.69, 9.17) is 9.47 Å². The molecular formula is C37H40O7. The second kappa shape index (κ2) is 15.0.